The number of fused-ring (bicyclic) bond motifs is 2. The van der Waals surface area contributed by atoms with Gasteiger partial charge in [-0.3, -0.25) is 38.4 Å². The van der Waals surface area contributed by atoms with Gasteiger partial charge in [-0.25, -0.2) is 0 Å². The summed E-state index contributed by atoms with van der Waals surface area (Å²) in [5.74, 6) is -2.69. The van der Waals surface area contributed by atoms with Crippen molar-refractivity contribution in [1.82, 2.24) is 51.5 Å². The molecule has 0 radical (unpaired) electrons. The second-order valence-corrected chi connectivity index (χ2v) is 23.0. The van der Waals surface area contributed by atoms with Gasteiger partial charge in [0.25, 0.3) is 0 Å². The van der Waals surface area contributed by atoms with Crippen LogP contribution in [0.4, 0.5) is 0 Å². The van der Waals surface area contributed by atoms with Gasteiger partial charge in [0.15, 0.2) is 0 Å². The lowest BCUT2D eigenvalue weighted by molar-refractivity contribution is -0.152. The Morgan fingerprint density at radius 1 is 0.566 bits per heavy atom. The van der Waals surface area contributed by atoms with Crippen LogP contribution >= 0.6 is 0 Å². The molecule has 0 aromatic heterocycles. The van der Waals surface area contributed by atoms with Gasteiger partial charge in [0.2, 0.25) is 47.3 Å². The highest BCUT2D eigenvalue weighted by atomic mass is 16.2. The van der Waals surface area contributed by atoms with Crippen molar-refractivity contribution < 1.29 is 38.4 Å². The monoisotopic (exact) mass is 1050 g/mol. The van der Waals surface area contributed by atoms with E-state index in [0.29, 0.717) is 0 Å². The second-order valence-electron chi connectivity index (χ2n) is 23.0. The Hall–Kier alpha value is -6.40. The fraction of sp³-hybridized carbons (Fsp3) is 0.586. The van der Waals surface area contributed by atoms with Gasteiger partial charge >= 0.3 is 0 Å². The lowest BCUT2D eigenvalue weighted by atomic mass is 9.85. The maximum Gasteiger partial charge on any atom is 0.246 e. The molecule has 2 aliphatic heterocycles. The Balaban J connectivity index is 1.11. The minimum atomic E-state index is -1.01. The highest BCUT2D eigenvalue weighted by molar-refractivity contribution is 5.96. The number of rotatable bonds is 17. The first-order valence-electron chi connectivity index (χ1n) is 27.2. The van der Waals surface area contributed by atoms with E-state index in [9.17, 15) is 38.4 Å². The standard InChI is InChI=1S/C58H84N10O8/c1-37(59-9)51(71)63-49(57(3,4)5)55(75)67-33-31-65(35-45(67)53(73)61-43-27-19-23-39-21-15-17-25-41(39)43)47(69)29-13-11-12-14-30-48(70)66-32-34-68(56(76)50(58(6,7)8)64-52(72)38(2)60-10)46(36-66)54(74)62-44-28-20-24-40-22-16-18-26-42(40)44/h11-18,21-22,25-26,37-38,43-46,49-50,59-60H,19-20,23-24,27-36H2,1-10H3,(H,61,73)(H,62,74)(H,63,71)(H,64,72)/t37-,38-,43+,44+,45-,46-,49+,50+/m0/s1. The molecule has 6 N–H and O–H groups in total. The number of benzene rings is 2. The third-order valence-corrected chi connectivity index (χ3v) is 15.4. The van der Waals surface area contributed by atoms with Crippen LogP contribution in [0.3, 0.4) is 0 Å². The molecule has 76 heavy (non-hydrogen) atoms. The first kappa shape index (κ1) is 58.9. The fourth-order valence-corrected chi connectivity index (χ4v) is 10.5. The highest BCUT2D eigenvalue weighted by Crippen LogP contribution is 2.32. The van der Waals surface area contributed by atoms with Gasteiger partial charge in [-0.2, -0.15) is 0 Å². The molecule has 414 valence electrons. The van der Waals surface area contributed by atoms with Crippen LogP contribution in [0.1, 0.15) is 128 Å². The maximum atomic E-state index is 14.5. The van der Waals surface area contributed by atoms with Crippen molar-refractivity contribution in [3.05, 3.63) is 95.1 Å². The summed E-state index contributed by atoms with van der Waals surface area (Å²) in [5.41, 5.74) is 3.03. The molecule has 18 nitrogen and oxygen atoms in total. The topological polar surface area (TPSA) is 222 Å². The van der Waals surface area contributed by atoms with Gasteiger partial charge < -0.3 is 51.5 Å². The molecule has 0 unspecified atom stereocenters. The molecular formula is C58H84N10O8. The van der Waals surface area contributed by atoms with Crippen molar-refractivity contribution in [3.63, 3.8) is 0 Å². The van der Waals surface area contributed by atoms with E-state index in [2.05, 4.69) is 44.0 Å². The highest BCUT2D eigenvalue weighted by Gasteiger charge is 2.46. The number of amides is 8. The lowest BCUT2D eigenvalue weighted by Crippen LogP contribution is -2.66. The van der Waals surface area contributed by atoms with Gasteiger partial charge in [0.05, 0.1) is 37.3 Å². The number of nitrogens with one attached hydrogen (secondary N) is 6. The summed E-state index contributed by atoms with van der Waals surface area (Å²) in [7, 11) is 3.33. The van der Waals surface area contributed by atoms with Crippen molar-refractivity contribution in [1.29, 1.82) is 0 Å². The van der Waals surface area contributed by atoms with Gasteiger partial charge in [-0.05, 0) is 99.6 Å². The second kappa shape index (κ2) is 26.1. The smallest absolute Gasteiger partial charge is 0.246 e. The van der Waals surface area contributed by atoms with E-state index in [0.717, 1.165) is 49.7 Å². The number of carbonyl (C=O) groups is 8. The van der Waals surface area contributed by atoms with Crippen LogP contribution in [-0.4, -0.2) is 156 Å². The number of aryl methyl sites for hydroxylation is 2. The van der Waals surface area contributed by atoms with E-state index in [1.165, 1.54) is 20.9 Å². The summed E-state index contributed by atoms with van der Waals surface area (Å²) in [6.07, 6.45) is 11.8. The zero-order valence-electron chi connectivity index (χ0n) is 46.5. The van der Waals surface area contributed by atoms with E-state index in [4.69, 9.17) is 0 Å². The van der Waals surface area contributed by atoms with E-state index in [1.54, 1.807) is 62.0 Å². The summed E-state index contributed by atoms with van der Waals surface area (Å²) in [5, 5.41) is 18.1. The van der Waals surface area contributed by atoms with Crippen molar-refractivity contribution in [2.75, 3.05) is 53.4 Å². The predicted octanol–water partition coefficient (Wildman–Crippen LogP) is 3.62. The zero-order chi connectivity index (χ0) is 55.5. The summed E-state index contributed by atoms with van der Waals surface area (Å²) in [4.78, 5) is 118. The number of carbonyl (C=O) groups excluding carboxylic acids is 8. The molecule has 6 rings (SSSR count). The van der Waals surface area contributed by atoms with Gasteiger partial charge in [-0.1, -0.05) is 114 Å². The summed E-state index contributed by atoms with van der Waals surface area (Å²) in [6, 6.07) is 10.5. The number of piperazine rings is 2. The minimum absolute atomic E-state index is 0.00127. The molecule has 8 amide bonds. The average molecular weight is 1050 g/mol. The SMILES string of the molecule is CN[C@@H](C)C(=O)N[C@H](C(=O)N1CCN(C(=O)CC=CC=CCC(=O)N2CCN(C(=O)[C@@H](NC(=O)[C@H](C)NC)C(C)(C)C)[C@H](C(=O)N[C@@H]3CCCc4ccccc43)C2)C[C@H]1C(=O)N[C@@H]1CCCc2ccccc21)C(C)(C)C. The third kappa shape index (κ3) is 14.7. The van der Waals surface area contributed by atoms with E-state index >= 15 is 0 Å². The van der Waals surface area contributed by atoms with Gasteiger partial charge in [0, 0.05) is 39.0 Å². The fourth-order valence-electron chi connectivity index (χ4n) is 10.5. The number of hydrogen-bond donors (Lipinski definition) is 6. The Bertz CT molecular complexity index is 2330. The summed E-state index contributed by atoms with van der Waals surface area (Å²) in [6.45, 7) is 15.1. The molecule has 0 spiro atoms. The zero-order valence-corrected chi connectivity index (χ0v) is 46.5. The summed E-state index contributed by atoms with van der Waals surface area (Å²) >= 11 is 0. The molecule has 2 fully saturated rings. The van der Waals surface area contributed by atoms with Crippen LogP contribution in [0.2, 0.25) is 0 Å². The van der Waals surface area contributed by atoms with E-state index < -0.39 is 58.9 Å². The molecule has 18 heteroatoms. The van der Waals surface area contributed by atoms with Crippen molar-refractivity contribution in [3.8, 4) is 0 Å². The Morgan fingerprint density at radius 3 is 1.29 bits per heavy atom. The predicted molar refractivity (Wildman–Crippen MR) is 292 cm³/mol. The lowest BCUT2D eigenvalue weighted by Gasteiger charge is -2.44. The van der Waals surface area contributed by atoms with Crippen molar-refractivity contribution in [2.24, 2.45) is 10.8 Å². The normalized spacial score (nSPS) is 21.7. The first-order chi connectivity index (χ1) is 36.0. The molecule has 0 bridgehead atoms. The molecule has 8 atom stereocenters. The van der Waals surface area contributed by atoms with E-state index in [1.807, 2.05) is 77.9 Å². The van der Waals surface area contributed by atoms with Crippen LogP contribution in [0.15, 0.2) is 72.8 Å². The molecule has 4 aliphatic rings. The number of nitrogens with zero attached hydrogens (tertiary/aromatic N) is 4. The van der Waals surface area contributed by atoms with Crippen LogP contribution < -0.4 is 31.9 Å². The number of hydrogen-bond acceptors (Lipinski definition) is 10. The molecule has 2 aromatic carbocycles. The number of likely N-dealkylation sites (N-methyl/N-ethyl adjacent to an activating group) is 2. The van der Waals surface area contributed by atoms with Gasteiger partial charge in [0.1, 0.15) is 24.2 Å². The Labute approximate surface area is 450 Å². The molecule has 0 saturated carbocycles. The molecular weight excluding hydrogens is 965 g/mol. The van der Waals surface area contributed by atoms with Crippen molar-refractivity contribution >= 4 is 47.3 Å². The third-order valence-electron chi connectivity index (χ3n) is 15.4. The van der Waals surface area contributed by atoms with Crippen LogP contribution in [0.5, 0.6) is 0 Å². The molecule has 2 saturated heterocycles. The molecule has 2 aromatic rings. The number of allylic oxidation sites excluding steroid dienone is 2. The minimum Gasteiger partial charge on any atom is -0.347 e. The van der Waals surface area contributed by atoms with Crippen LogP contribution in [-0.2, 0) is 51.2 Å². The largest absolute Gasteiger partial charge is 0.347 e. The molecule has 2 aliphatic carbocycles. The van der Waals surface area contributed by atoms with Gasteiger partial charge in [-0.15, -0.1) is 0 Å². The van der Waals surface area contributed by atoms with E-state index in [-0.39, 0.29) is 99.6 Å². The Kier molecular flexibility index (Phi) is 20.2. The van der Waals surface area contributed by atoms with Crippen molar-refractivity contribution in [2.45, 2.75) is 155 Å². The van der Waals surface area contributed by atoms with Crippen LogP contribution in [0.25, 0.3) is 0 Å². The Morgan fingerprint density at radius 2 is 0.934 bits per heavy atom. The quantitative estimate of drug-likeness (QED) is 0.126. The molecule has 2 heterocycles. The summed E-state index contributed by atoms with van der Waals surface area (Å²) < 4.78 is 0. The van der Waals surface area contributed by atoms with Crippen LogP contribution in [0, 0.1) is 10.8 Å². The maximum absolute atomic E-state index is 14.5. The average Bonchev–Trinajstić information content (AvgIpc) is 3.40. The first-order valence-corrected chi connectivity index (χ1v) is 27.2.